The van der Waals surface area contributed by atoms with Crippen LogP contribution in [0, 0.1) is 0 Å². The van der Waals surface area contributed by atoms with E-state index in [2.05, 4.69) is 0 Å². The molecule has 3 rings (SSSR count). The summed E-state index contributed by atoms with van der Waals surface area (Å²) in [4.78, 5) is 14.6. The molecule has 1 atom stereocenters. The molecule has 0 spiro atoms. The number of carbonyl (C=O) groups is 1. The molecule has 2 aromatic carbocycles. The highest BCUT2D eigenvalue weighted by molar-refractivity contribution is 7.99. The number of phenolic OH excluding ortho intramolecular Hbond substituents is 2. The van der Waals surface area contributed by atoms with Crippen molar-refractivity contribution in [2.75, 3.05) is 24.6 Å². The number of benzene rings is 2. The van der Waals surface area contributed by atoms with E-state index in [9.17, 15) is 15.0 Å². The molecule has 1 fully saturated rings. The number of rotatable bonds is 4. The summed E-state index contributed by atoms with van der Waals surface area (Å²) in [5, 5.41) is 19.3. The molecule has 0 radical (unpaired) electrons. The number of nitrogens with zero attached hydrogens (tertiary/aromatic N) is 1. The van der Waals surface area contributed by atoms with Crippen molar-refractivity contribution in [3.8, 4) is 11.5 Å². The smallest absolute Gasteiger partial charge is 0.223 e. The highest BCUT2D eigenvalue weighted by Gasteiger charge is 2.23. The molecule has 1 aliphatic heterocycles. The van der Waals surface area contributed by atoms with Gasteiger partial charge in [0, 0.05) is 36.9 Å². The maximum absolute atomic E-state index is 12.7. The van der Waals surface area contributed by atoms with Gasteiger partial charge < -0.3 is 15.1 Å². The fraction of sp³-hybridized carbons (Fsp3) is 0.316. The van der Waals surface area contributed by atoms with E-state index < -0.39 is 0 Å². The van der Waals surface area contributed by atoms with E-state index in [1.165, 1.54) is 0 Å². The third kappa shape index (κ3) is 4.03. The SMILES string of the molecule is O=C(C[C@H](c1ccc(O)cc1)c1cccc(O)c1)N1CCSCC1. The Morgan fingerprint density at radius 3 is 2.38 bits per heavy atom. The fourth-order valence-electron chi connectivity index (χ4n) is 2.99. The molecule has 0 aliphatic carbocycles. The van der Waals surface area contributed by atoms with Crippen LogP contribution in [0.15, 0.2) is 48.5 Å². The number of carbonyl (C=O) groups excluding carboxylic acids is 1. The molecule has 0 bridgehead atoms. The van der Waals surface area contributed by atoms with Crippen LogP contribution in [-0.4, -0.2) is 45.6 Å². The van der Waals surface area contributed by atoms with Gasteiger partial charge in [0.1, 0.15) is 11.5 Å². The van der Waals surface area contributed by atoms with Gasteiger partial charge in [0.05, 0.1) is 0 Å². The molecule has 1 aliphatic rings. The first-order valence-electron chi connectivity index (χ1n) is 8.07. The Hall–Kier alpha value is -2.14. The van der Waals surface area contributed by atoms with E-state index in [4.69, 9.17) is 0 Å². The Labute approximate surface area is 146 Å². The molecule has 5 heteroatoms. The predicted octanol–water partition coefficient (Wildman–Crippen LogP) is 3.20. The van der Waals surface area contributed by atoms with Gasteiger partial charge in [0.25, 0.3) is 0 Å². The Kier molecular flexibility index (Phi) is 5.30. The zero-order chi connectivity index (χ0) is 16.9. The second kappa shape index (κ2) is 7.62. The minimum Gasteiger partial charge on any atom is -0.508 e. The molecule has 0 saturated carbocycles. The molecule has 2 N–H and O–H groups in total. The fourth-order valence-corrected chi connectivity index (χ4v) is 3.90. The lowest BCUT2D eigenvalue weighted by atomic mass is 9.88. The van der Waals surface area contributed by atoms with Crippen LogP contribution >= 0.6 is 11.8 Å². The minimum absolute atomic E-state index is 0.136. The molecule has 4 nitrogen and oxygen atoms in total. The molecule has 126 valence electrons. The molecule has 1 saturated heterocycles. The van der Waals surface area contributed by atoms with Crippen molar-refractivity contribution >= 4 is 17.7 Å². The van der Waals surface area contributed by atoms with Crippen molar-refractivity contribution in [3.63, 3.8) is 0 Å². The number of phenols is 2. The first-order valence-corrected chi connectivity index (χ1v) is 9.22. The Balaban J connectivity index is 1.86. The van der Waals surface area contributed by atoms with Crippen molar-refractivity contribution < 1.29 is 15.0 Å². The molecular formula is C19H21NO3S. The van der Waals surface area contributed by atoms with Crippen molar-refractivity contribution in [1.29, 1.82) is 0 Å². The monoisotopic (exact) mass is 343 g/mol. The van der Waals surface area contributed by atoms with Crippen LogP contribution in [0.25, 0.3) is 0 Å². The highest BCUT2D eigenvalue weighted by Crippen LogP contribution is 2.31. The molecule has 0 aromatic heterocycles. The van der Waals surface area contributed by atoms with E-state index in [1.807, 2.05) is 34.9 Å². The van der Waals surface area contributed by atoms with E-state index in [-0.39, 0.29) is 23.3 Å². The molecule has 1 heterocycles. The summed E-state index contributed by atoms with van der Waals surface area (Å²) in [5.74, 6) is 2.37. The number of hydrogen-bond donors (Lipinski definition) is 2. The number of amides is 1. The normalized spacial score (nSPS) is 15.9. The summed E-state index contributed by atoms with van der Waals surface area (Å²) in [5.41, 5.74) is 1.86. The van der Waals surface area contributed by atoms with Crippen LogP contribution in [0.2, 0.25) is 0 Å². The Morgan fingerprint density at radius 1 is 1.00 bits per heavy atom. The van der Waals surface area contributed by atoms with Gasteiger partial charge in [-0.1, -0.05) is 24.3 Å². The third-order valence-corrected chi connectivity index (χ3v) is 5.25. The van der Waals surface area contributed by atoms with Gasteiger partial charge in [-0.25, -0.2) is 0 Å². The summed E-state index contributed by atoms with van der Waals surface area (Å²) in [7, 11) is 0. The van der Waals surface area contributed by atoms with Crippen LogP contribution in [0.5, 0.6) is 11.5 Å². The number of aromatic hydroxyl groups is 2. The lowest BCUT2D eigenvalue weighted by Gasteiger charge is -2.28. The molecule has 0 unspecified atom stereocenters. The van der Waals surface area contributed by atoms with Gasteiger partial charge in [-0.3, -0.25) is 4.79 Å². The van der Waals surface area contributed by atoms with Gasteiger partial charge in [-0.15, -0.1) is 0 Å². The van der Waals surface area contributed by atoms with Crippen LogP contribution in [0.3, 0.4) is 0 Å². The van der Waals surface area contributed by atoms with Crippen molar-refractivity contribution in [3.05, 3.63) is 59.7 Å². The maximum Gasteiger partial charge on any atom is 0.223 e. The zero-order valence-electron chi connectivity index (χ0n) is 13.4. The predicted molar refractivity (Wildman–Crippen MR) is 96.6 cm³/mol. The largest absolute Gasteiger partial charge is 0.508 e. The number of hydrogen-bond acceptors (Lipinski definition) is 4. The van der Waals surface area contributed by atoms with Gasteiger partial charge in [0.2, 0.25) is 5.91 Å². The van der Waals surface area contributed by atoms with Gasteiger partial charge in [-0.2, -0.15) is 11.8 Å². The Morgan fingerprint density at radius 2 is 1.71 bits per heavy atom. The quantitative estimate of drug-likeness (QED) is 0.895. The van der Waals surface area contributed by atoms with Crippen LogP contribution in [0.1, 0.15) is 23.5 Å². The maximum atomic E-state index is 12.7. The average Bonchev–Trinajstić information content (AvgIpc) is 2.61. The number of thioether (sulfide) groups is 1. The summed E-state index contributed by atoms with van der Waals surface area (Å²) in [6.07, 6.45) is 0.360. The molecule has 24 heavy (non-hydrogen) atoms. The summed E-state index contributed by atoms with van der Waals surface area (Å²) >= 11 is 1.88. The van der Waals surface area contributed by atoms with Crippen LogP contribution < -0.4 is 0 Å². The molecular weight excluding hydrogens is 322 g/mol. The van der Waals surface area contributed by atoms with Crippen molar-refractivity contribution in [2.45, 2.75) is 12.3 Å². The lowest BCUT2D eigenvalue weighted by molar-refractivity contribution is -0.131. The van der Waals surface area contributed by atoms with Crippen LogP contribution in [-0.2, 0) is 4.79 Å². The standard InChI is InChI=1S/C19H21NO3S/c21-16-6-4-14(5-7-16)18(15-2-1-3-17(22)12-15)13-19(23)20-8-10-24-11-9-20/h1-7,12,18,21-22H,8-11,13H2/t18-/m1/s1. The summed E-state index contributed by atoms with van der Waals surface area (Å²) < 4.78 is 0. The van der Waals surface area contributed by atoms with E-state index in [1.54, 1.807) is 30.3 Å². The topological polar surface area (TPSA) is 60.8 Å². The van der Waals surface area contributed by atoms with E-state index >= 15 is 0 Å². The minimum atomic E-state index is -0.139. The summed E-state index contributed by atoms with van der Waals surface area (Å²) in [6, 6.07) is 14.0. The van der Waals surface area contributed by atoms with Gasteiger partial charge >= 0.3 is 0 Å². The first kappa shape index (κ1) is 16.7. The van der Waals surface area contributed by atoms with E-state index in [0.29, 0.717) is 6.42 Å². The lowest BCUT2D eigenvalue weighted by Crippen LogP contribution is -2.38. The highest BCUT2D eigenvalue weighted by atomic mass is 32.2. The first-order chi connectivity index (χ1) is 11.6. The molecule has 2 aromatic rings. The Bertz CT molecular complexity index is 696. The second-order valence-corrected chi connectivity index (χ2v) is 7.16. The van der Waals surface area contributed by atoms with Crippen LogP contribution in [0.4, 0.5) is 0 Å². The average molecular weight is 343 g/mol. The van der Waals surface area contributed by atoms with E-state index in [0.717, 1.165) is 35.7 Å². The van der Waals surface area contributed by atoms with Crippen molar-refractivity contribution in [1.82, 2.24) is 4.90 Å². The third-order valence-electron chi connectivity index (χ3n) is 4.31. The molecule has 1 amide bonds. The van der Waals surface area contributed by atoms with Gasteiger partial charge in [0.15, 0.2) is 0 Å². The van der Waals surface area contributed by atoms with Crippen molar-refractivity contribution in [2.24, 2.45) is 0 Å². The second-order valence-electron chi connectivity index (χ2n) is 5.94. The summed E-state index contributed by atoms with van der Waals surface area (Å²) in [6.45, 7) is 1.59. The zero-order valence-corrected chi connectivity index (χ0v) is 14.2. The van der Waals surface area contributed by atoms with Gasteiger partial charge in [-0.05, 0) is 35.4 Å².